The molecule has 0 spiro atoms. The molecule has 0 bridgehead atoms. The number of hydrogen-bond acceptors (Lipinski definition) is 3. The van der Waals surface area contributed by atoms with Gasteiger partial charge in [-0.15, -0.1) is 0 Å². The normalized spacial score (nSPS) is 7.45. The molecule has 0 saturated carbocycles. The van der Waals surface area contributed by atoms with Crippen molar-refractivity contribution in [3.63, 3.8) is 0 Å². The zero-order valence-electron chi connectivity index (χ0n) is 6.20. The van der Waals surface area contributed by atoms with Crippen molar-refractivity contribution in [2.75, 3.05) is 13.2 Å². The molecule has 0 heterocycles. The van der Waals surface area contributed by atoms with Crippen LogP contribution in [0.2, 0.25) is 0 Å². The third-order valence-electron chi connectivity index (χ3n) is 0.414. The summed E-state index contributed by atoms with van der Waals surface area (Å²) in [6.07, 6.45) is 0. The summed E-state index contributed by atoms with van der Waals surface area (Å²) in [6, 6.07) is -0.826. The lowest BCUT2D eigenvalue weighted by molar-refractivity contribution is -0.135. The number of carboxylic acids is 1. The minimum atomic E-state index is -1.11. The van der Waals surface area contributed by atoms with Gasteiger partial charge in [0.2, 0.25) is 0 Å². The molecule has 6 nitrogen and oxygen atoms in total. The second kappa shape index (κ2) is 8.70. The van der Waals surface area contributed by atoms with Gasteiger partial charge in [-0.25, -0.2) is 4.79 Å². The lowest BCUT2D eigenvalue weighted by Gasteiger charge is -1.92. The SMILES string of the molecule is CCO.NC(=O)NCC(=O)O. The summed E-state index contributed by atoms with van der Waals surface area (Å²) in [7, 11) is 0. The van der Waals surface area contributed by atoms with E-state index in [1.54, 1.807) is 6.92 Å². The summed E-state index contributed by atoms with van der Waals surface area (Å²) in [5, 5.41) is 17.3. The summed E-state index contributed by atoms with van der Waals surface area (Å²) >= 11 is 0. The van der Waals surface area contributed by atoms with Crippen LogP contribution in [0.15, 0.2) is 0 Å². The van der Waals surface area contributed by atoms with Crippen molar-refractivity contribution < 1.29 is 19.8 Å². The van der Waals surface area contributed by atoms with Crippen molar-refractivity contribution >= 4 is 12.0 Å². The second-order valence-corrected chi connectivity index (χ2v) is 1.43. The van der Waals surface area contributed by atoms with Crippen LogP contribution in [0.4, 0.5) is 4.79 Å². The maximum atomic E-state index is 9.75. The van der Waals surface area contributed by atoms with Crippen LogP contribution in [0.25, 0.3) is 0 Å². The Morgan fingerprint density at radius 1 is 1.55 bits per heavy atom. The van der Waals surface area contributed by atoms with Crippen molar-refractivity contribution in [3.05, 3.63) is 0 Å². The molecule has 0 unspecified atom stereocenters. The molecule has 0 aliphatic rings. The molecule has 0 aromatic carbocycles. The van der Waals surface area contributed by atoms with Crippen LogP contribution >= 0.6 is 0 Å². The van der Waals surface area contributed by atoms with Gasteiger partial charge in [-0.05, 0) is 6.92 Å². The quantitative estimate of drug-likeness (QED) is 0.408. The summed E-state index contributed by atoms with van der Waals surface area (Å²) in [5.74, 6) is -1.11. The number of aliphatic hydroxyl groups is 1. The zero-order valence-corrected chi connectivity index (χ0v) is 6.20. The fourth-order valence-electron chi connectivity index (χ4n) is 0.163. The van der Waals surface area contributed by atoms with E-state index in [2.05, 4.69) is 5.73 Å². The van der Waals surface area contributed by atoms with E-state index in [-0.39, 0.29) is 6.61 Å². The van der Waals surface area contributed by atoms with Gasteiger partial charge in [-0.1, -0.05) is 0 Å². The molecule has 0 aliphatic heterocycles. The molecule has 2 amide bonds. The third-order valence-corrected chi connectivity index (χ3v) is 0.414. The van der Waals surface area contributed by atoms with E-state index < -0.39 is 18.5 Å². The Bertz CT molecular complexity index is 112. The van der Waals surface area contributed by atoms with Crippen molar-refractivity contribution in [1.29, 1.82) is 0 Å². The first kappa shape index (κ1) is 12.4. The first-order valence-electron chi connectivity index (χ1n) is 2.90. The molecule has 0 radical (unpaired) electrons. The Balaban J connectivity index is 0. The van der Waals surface area contributed by atoms with Crippen LogP contribution in [0, 0.1) is 0 Å². The summed E-state index contributed by atoms with van der Waals surface area (Å²) in [6.45, 7) is 1.51. The highest BCUT2D eigenvalue weighted by Gasteiger charge is 1.95. The number of carbonyl (C=O) groups excluding carboxylic acids is 1. The van der Waals surface area contributed by atoms with E-state index in [1.165, 1.54) is 0 Å². The van der Waals surface area contributed by atoms with Crippen molar-refractivity contribution in [2.24, 2.45) is 5.73 Å². The van der Waals surface area contributed by atoms with Crippen molar-refractivity contribution in [3.8, 4) is 0 Å². The van der Waals surface area contributed by atoms with E-state index in [4.69, 9.17) is 10.2 Å². The molecule has 66 valence electrons. The zero-order chi connectivity index (χ0) is 9.28. The number of aliphatic carboxylic acids is 1. The van der Waals surface area contributed by atoms with E-state index >= 15 is 0 Å². The van der Waals surface area contributed by atoms with Gasteiger partial charge >= 0.3 is 12.0 Å². The first-order valence-corrected chi connectivity index (χ1v) is 2.90. The minimum Gasteiger partial charge on any atom is -0.480 e. The Kier molecular flexibility index (Phi) is 9.79. The predicted molar refractivity (Wildman–Crippen MR) is 38.0 cm³/mol. The number of carboxylic acid groups (broad SMARTS) is 1. The second-order valence-electron chi connectivity index (χ2n) is 1.43. The number of rotatable bonds is 2. The fraction of sp³-hybridized carbons (Fsp3) is 0.600. The molecular formula is C5H12N2O4. The Hall–Kier alpha value is -1.30. The molecule has 0 aliphatic carbocycles. The average Bonchev–Trinajstić information content (AvgIpc) is 1.85. The maximum absolute atomic E-state index is 9.75. The van der Waals surface area contributed by atoms with E-state index in [9.17, 15) is 9.59 Å². The monoisotopic (exact) mass is 164 g/mol. The average molecular weight is 164 g/mol. The van der Waals surface area contributed by atoms with Gasteiger partial charge in [-0.2, -0.15) is 0 Å². The molecule has 11 heavy (non-hydrogen) atoms. The van der Waals surface area contributed by atoms with Gasteiger partial charge in [0.05, 0.1) is 0 Å². The van der Waals surface area contributed by atoms with Gasteiger partial charge in [-0.3, -0.25) is 4.79 Å². The molecular weight excluding hydrogens is 152 g/mol. The minimum absolute atomic E-state index is 0.250. The number of amides is 2. The molecule has 0 aromatic heterocycles. The van der Waals surface area contributed by atoms with Gasteiger partial charge in [0.25, 0.3) is 0 Å². The van der Waals surface area contributed by atoms with Crippen LogP contribution in [-0.2, 0) is 4.79 Å². The smallest absolute Gasteiger partial charge is 0.323 e. The molecule has 0 saturated heterocycles. The van der Waals surface area contributed by atoms with E-state index in [0.29, 0.717) is 0 Å². The highest BCUT2D eigenvalue weighted by molar-refractivity contribution is 5.78. The largest absolute Gasteiger partial charge is 0.480 e. The van der Waals surface area contributed by atoms with Crippen molar-refractivity contribution in [1.82, 2.24) is 5.32 Å². The molecule has 0 rings (SSSR count). The topological polar surface area (TPSA) is 113 Å². The van der Waals surface area contributed by atoms with E-state index in [0.717, 1.165) is 0 Å². The van der Waals surface area contributed by atoms with Crippen LogP contribution in [0.5, 0.6) is 0 Å². The van der Waals surface area contributed by atoms with Gasteiger partial charge in [0, 0.05) is 6.61 Å². The third kappa shape index (κ3) is 28.5. The van der Waals surface area contributed by atoms with E-state index in [1.807, 2.05) is 5.32 Å². The number of nitrogens with one attached hydrogen (secondary N) is 1. The van der Waals surface area contributed by atoms with Crippen LogP contribution in [-0.4, -0.2) is 35.4 Å². The first-order chi connectivity index (χ1) is 5.04. The van der Waals surface area contributed by atoms with Crippen molar-refractivity contribution in [2.45, 2.75) is 6.92 Å². The number of nitrogens with two attached hydrogens (primary N) is 1. The molecule has 0 aromatic rings. The van der Waals surface area contributed by atoms with Gasteiger partial charge in [0.1, 0.15) is 6.54 Å². The number of urea groups is 1. The summed E-state index contributed by atoms with van der Waals surface area (Å²) in [5.41, 5.74) is 4.53. The highest BCUT2D eigenvalue weighted by atomic mass is 16.4. The molecule has 0 atom stereocenters. The fourth-order valence-corrected chi connectivity index (χ4v) is 0.163. The molecule has 5 N–H and O–H groups in total. The predicted octanol–water partition coefficient (Wildman–Crippen LogP) is -1.26. The Labute approximate surface area is 64.0 Å². The highest BCUT2D eigenvalue weighted by Crippen LogP contribution is 1.57. The number of carbonyl (C=O) groups is 2. The Morgan fingerprint density at radius 3 is 2.00 bits per heavy atom. The molecule has 6 heteroatoms. The maximum Gasteiger partial charge on any atom is 0.323 e. The number of hydrogen-bond donors (Lipinski definition) is 4. The summed E-state index contributed by atoms with van der Waals surface area (Å²) < 4.78 is 0. The van der Waals surface area contributed by atoms with Crippen LogP contribution in [0.3, 0.4) is 0 Å². The standard InChI is InChI=1S/C3H6N2O3.C2H6O/c4-3(8)5-1-2(6)7;1-2-3/h1H2,(H,6,7)(H3,4,5,8);3H,2H2,1H3. The number of primary amides is 1. The molecule has 0 fully saturated rings. The Morgan fingerprint density at radius 2 is 1.91 bits per heavy atom. The lowest BCUT2D eigenvalue weighted by Crippen LogP contribution is -2.33. The van der Waals surface area contributed by atoms with Crippen LogP contribution in [0.1, 0.15) is 6.92 Å². The number of aliphatic hydroxyl groups excluding tert-OH is 1. The lowest BCUT2D eigenvalue weighted by atomic mass is 10.7. The van der Waals surface area contributed by atoms with Gasteiger partial charge in [0.15, 0.2) is 0 Å². The van der Waals surface area contributed by atoms with Gasteiger partial charge < -0.3 is 21.3 Å². The summed E-state index contributed by atoms with van der Waals surface area (Å²) in [4.78, 5) is 19.4. The van der Waals surface area contributed by atoms with Crippen LogP contribution < -0.4 is 11.1 Å².